The van der Waals surface area contributed by atoms with Crippen molar-refractivity contribution in [3.8, 4) is 0 Å². The topological polar surface area (TPSA) is 0 Å². The molecule has 0 nitrogen and oxygen atoms in total. The molecule has 2 heteroatoms. The summed E-state index contributed by atoms with van der Waals surface area (Å²) in [6.45, 7) is 0. The Kier molecular flexibility index (Phi) is 5.52. The third kappa shape index (κ3) is 3.36. The Morgan fingerprint density at radius 1 is 0.400 bits per heavy atom. The second kappa shape index (κ2) is 7.38. The highest BCUT2D eigenvalue weighted by Crippen LogP contribution is 2.32. The van der Waals surface area contributed by atoms with Gasteiger partial charge in [-0.1, -0.05) is 91.0 Å². The predicted octanol–water partition coefficient (Wildman–Crippen LogP) is 4.02. The maximum absolute atomic E-state index is 2.23. The van der Waals surface area contributed by atoms with Crippen LogP contribution in [0.15, 0.2) is 91.0 Å². The van der Waals surface area contributed by atoms with Crippen LogP contribution in [0.1, 0.15) is 0 Å². The Morgan fingerprint density at radius 3 is 0.900 bits per heavy atom. The Morgan fingerprint density at radius 2 is 0.650 bits per heavy atom. The fraction of sp³-hybridized carbons (Fsp3) is 0. The molecule has 0 atom stereocenters. The van der Waals surface area contributed by atoms with Crippen molar-refractivity contribution in [3.05, 3.63) is 91.0 Å². The van der Waals surface area contributed by atoms with Crippen LogP contribution in [0.2, 0.25) is 0 Å². The van der Waals surface area contributed by atoms with E-state index in [0.717, 1.165) is 0 Å². The monoisotopic (exact) mass is 342 g/mol. The average molecular weight is 343 g/mol. The number of halogens is 1. The van der Waals surface area contributed by atoms with Gasteiger partial charge < -0.3 is 0 Å². The largest absolute Gasteiger partial charge is 0.114 e. The highest BCUT2D eigenvalue weighted by atomic mass is 79.9. The Labute approximate surface area is 132 Å². The summed E-state index contributed by atoms with van der Waals surface area (Å²) in [7, 11) is -0.446. The molecular weight excluding hydrogens is 327 g/mol. The first-order chi connectivity index (χ1) is 9.45. The van der Waals surface area contributed by atoms with Crippen LogP contribution in [0.25, 0.3) is 0 Å². The molecule has 0 spiro atoms. The molecule has 0 fully saturated rings. The van der Waals surface area contributed by atoms with E-state index in [1.165, 1.54) is 15.9 Å². The molecular formula is C18H16BrP. The van der Waals surface area contributed by atoms with Crippen molar-refractivity contribution in [1.82, 2.24) is 0 Å². The average Bonchev–Trinajstić information content (AvgIpc) is 2.51. The fourth-order valence-electron chi connectivity index (χ4n) is 2.18. The van der Waals surface area contributed by atoms with Gasteiger partial charge in [-0.15, -0.1) is 17.0 Å². The minimum Gasteiger partial charge on any atom is -0.114 e. The SMILES string of the molecule is Br.c1ccc(P(c2ccccc2)c2ccccc2)cc1. The quantitative estimate of drug-likeness (QED) is 0.630. The van der Waals surface area contributed by atoms with Gasteiger partial charge in [-0.3, -0.25) is 0 Å². The molecule has 0 aliphatic rings. The Hall–Kier alpha value is -1.43. The van der Waals surface area contributed by atoms with Crippen LogP contribution in [-0.2, 0) is 0 Å². The van der Waals surface area contributed by atoms with Crippen LogP contribution in [0.4, 0.5) is 0 Å². The van der Waals surface area contributed by atoms with Crippen molar-refractivity contribution < 1.29 is 0 Å². The van der Waals surface area contributed by atoms with Crippen molar-refractivity contribution in [1.29, 1.82) is 0 Å². The van der Waals surface area contributed by atoms with E-state index in [2.05, 4.69) is 91.0 Å². The zero-order valence-corrected chi connectivity index (χ0v) is 13.6. The molecule has 20 heavy (non-hydrogen) atoms. The summed E-state index contributed by atoms with van der Waals surface area (Å²) in [6, 6.07) is 32.3. The van der Waals surface area contributed by atoms with Gasteiger partial charge in [0.25, 0.3) is 0 Å². The molecule has 0 heterocycles. The molecule has 3 rings (SSSR count). The molecule has 3 aromatic rings. The van der Waals surface area contributed by atoms with E-state index in [1.54, 1.807) is 0 Å². The first kappa shape index (κ1) is 15.0. The van der Waals surface area contributed by atoms with E-state index in [0.29, 0.717) is 0 Å². The van der Waals surface area contributed by atoms with E-state index in [4.69, 9.17) is 0 Å². The van der Waals surface area contributed by atoms with Crippen LogP contribution >= 0.6 is 24.9 Å². The van der Waals surface area contributed by atoms with Gasteiger partial charge in [-0.05, 0) is 23.8 Å². The summed E-state index contributed by atoms with van der Waals surface area (Å²) in [6.07, 6.45) is 0. The molecule has 0 amide bonds. The lowest BCUT2D eigenvalue weighted by Gasteiger charge is -2.18. The van der Waals surface area contributed by atoms with Gasteiger partial charge in [0.2, 0.25) is 0 Å². The standard InChI is InChI=1S/C18H15P.BrH/c1-4-10-16(11-5-1)19(17-12-6-2-7-13-17)18-14-8-3-9-15-18;/h1-15H;1H. The second-order valence-electron chi connectivity index (χ2n) is 4.34. The minimum absolute atomic E-state index is 0. The van der Waals surface area contributed by atoms with Crippen LogP contribution in [-0.4, -0.2) is 0 Å². The molecule has 0 radical (unpaired) electrons. The smallest absolute Gasteiger partial charge is 0.0134 e. The normalized spacial score (nSPS) is 10.1. The first-order valence-corrected chi connectivity index (χ1v) is 7.74. The van der Waals surface area contributed by atoms with Crippen LogP contribution in [0.3, 0.4) is 0 Å². The van der Waals surface area contributed by atoms with Crippen LogP contribution in [0.5, 0.6) is 0 Å². The Bertz CT molecular complexity index is 529. The van der Waals surface area contributed by atoms with Crippen molar-refractivity contribution in [2.75, 3.05) is 0 Å². The third-order valence-corrected chi connectivity index (χ3v) is 5.49. The number of hydrogen-bond acceptors (Lipinski definition) is 0. The van der Waals surface area contributed by atoms with E-state index in [1.807, 2.05) is 0 Å². The molecule has 0 aromatic heterocycles. The van der Waals surface area contributed by atoms with Crippen LogP contribution in [0, 0.1) is 0 Å². The number of hydrogen-bond donors (Lipinski definition) is 0. The van der Waals surface area contributed by atoms with Gasteiger partial charge in [0, 0.05) is 0 Å². The zero-order valence-electron chi connectivity index (χ0n) is 11.0. The molecule has 0 saturated carbocycles. The van der Waals surface area contributed by atoms with Gasteiger partial charge in [0.05, 0.1) is 0 Å². The molecule has 0 bridgehead atoms. The lowest BCUT2D eigenvalue weighted by molar-refractivity contribution is 1.74. The van der Waals surface area contributed by atoms with Gasteiger partial charge in [-0.25, -0.2) is 0 Å². The molecule has 0 saturated heterocycles. The van der Waals surface area contributed by atoms with E-state index in [9.17, 15) is 0 Å². The molecule has 0 unspecified atom stereocenters. The molecule has 0 N–H and O–H groups in total. The summed E-state index contributed by atoms with van der Waals surface area (Å²) in [5.74, 6) is 0. The maximum atomic E-state index is 2.23. The van der Waals surface area contributed by atoms with E-state index < -0.39 is 7.92 Å². The fourth-order valence-corrected chi connectivity index (χ4v) is 4.48. The Balaban J connectivity index is 0.00000147. The summed E-state index contributed by atoms with van der Waals surface area (Å²) in [5.41, 5.74) is 0. The van der Waals surface area contributed by atoms with Gasteiger partial charge >= 0.3 is 0 Å². The molecule has 100 valence electrons. The second-order valence-corrected chi connectivity index (χ2v) is 6.56. The van der Waals surface area contributed by atoms with Gasteiger partial charge in [0.15, 0.2) is 0 Å². The van der Waals surface area contributed by atoms with Gasteiger partial charge in [-0.2, -0.15) is 0 Å². The summed E-state index contributed by atoms with van der Waals surface area (Å²) in [5, 5.41) is 4.19. The molecule has 0 aliphatic carbocycles. The highest BCUT2D eigenvalue weighted by Gasteiger charge is 2.14. The molecule has 0 aliphatic heterocycles. The lowest BCUT2D eigenvalue weighted by atomic mass is 10.4. The van der Waals surface area contributed by atoms with E-state index in [-0.39, 0.29) is 17.0 Å². The number of benzene rings is 3. The van der Waals surface area contributed by atoms with E-state index >= 15 is 0 Å². The summed E-state index contributed by atoms with van der Waals surface area (Å²) in [4.78, 5) is 0. The molecule has 3 aromatic carbocycles. The maximum Gasteiger partial charge on any atom is -0.0134 e. The van der Waals surface area contributed by atoms with Crippen molar-refractivity contribution in [3.63, 3.8) is 0 Å². The first-order valence-electron chi connectivity index (χ1n) is 6.40. The lowest BCUT2D eigenvalue weighted by Crippen LogP contribution is -2.20. The van der Waals surface area contributed by atoms with Crippen molar-refractivity contribution in [2.24, 2.45) is 0 Å². The third-order valence-electron chi connectivity index (χ3n) is 3.04. The highest BCUT2D eigenvalue weighted by molar-refractivity contribution is 8.93. The van der Waals surface area contributed by atoms with Crippen LogP contribution < -0.4 is 15.9 Å². The zero-order chi connectivity index (χ0) is 12.9. The van der Waals surface area contributed by atoms with Gasteiger partial charge in [0.1, 0.15) is 0 Å². The summed E-state index contributed by atoms with van der Waals surface area (Å²) >= 11 is 0. The van der Waals surface area contributed by atoms with Crippen molar-refractivity contribution in [2.45, 2.75) is 0 Å². The predicted molar refractivity (Wildman–Crippen MR) is 95.5 cm³/mol. The minimum atomic E-state index is -0.446. The van der Waals surface area contributed by atoms with Crippen molar-refractivity contribution >= 4 is 40.8 Å². The number of rotatable bonds is 3. The summed E-state index contributed by atoms with van der Waals surface area (Å²) < 4.78 is 0.